The van der Waals surface area contributed by atoms with Gasteiger partial charge in [-0.3, -0.25) is 15.0 Å². The molecule has 2 amide bonds. The van der Waals surface area contributed by atoms with Gasteiger partial charge in [0.2, 0.25) is 0 Å². The van der Waals surface area contributed by atoms with Crippen LogP contribution in [-0.2, 0) is 0 Å². The van der Waals surface area contributed by atoms with Gasteiger partial charge in [0, 0.05) is 11.1 Å². The number of benzene rings is 2. The van der Waals surface area contributed by atoms with Crippen molar-refractivity contribution >= 4 is 11.8 Å². The molecule has 0 spiro atoms. The highest BCUT2D eigenvalue weighted by Crippen LogP contribution is 2.57. The van der Waals surface area contributed by atoms with Gasteiger partial charge in [0.15, 0.2) is 0 Å². The average molecular weight is 374 g/mol. The van der Waals surface area contributed by atoms with Crippen LogP contribution in [0.25, 0.3) is 0 Å². The van der Waals surface area contributed by atoms with E-state index in [0.29, 0.717) is 28.9 Å². The summed E-state index contributed by atoms with van der Waals surface area (Å²) in [5.74, 6) is 1.76. The maximum Gasteiger partial charge on any atom is 0.272 e. The molecule has 2 aromatic rings. The Labute approximate surface area is 165 Å². The molecule has 1 N–H and O–H groups in total. The number of hydrazine groups is 1. The molecule has 0 atom stereocenters. The van der Waals surface area contributed by atoms with Crippen molar-refractivity contribution < 1.29 is 9.59 Å². The van der Waals surface area contributed by atoms with Crippen molar-refractivity contribution in [2.45, 2.75) is 44.1 Å². The zero-order chi connectivity index (χ0) is 19.1. The van der Waals surface area contributed by atoms with Crippen LogP contribution in [0.1, 0.15) is 59.2 Å². The lowest BCUT2D eigenvalue weighted by Crippen LogP contribution is -2.66. The number of hydrogen-bond acceptors (Lipinski definition) is 2. The standard InChI is InChI=1S/C24H26N2O2/c27-22(20-7-3-1-4-8-20)25-26(23(28)21-9-5-2-6-10-21)24-14-17-11-18(15-24)13-19(12-17)16-24/h1-10,17-19H,11-16H2,(H,25,27). The van der Waals surface area contributed by atoms with Crippen LogP contribution in [0.15, 0.2) is 60.7 Å². The smallest absolute Gasteiger partial charge is 0.267 e. The molecule has 4 fully saturated rings. The number of nitrogens with one attached hydrogen (secondary N) is 1. The molecule has 4 saturated carbocycles. The number of carbonyl (C=O) groups is 2. The largest absolute Gasteiger partial charge is 0.272 e. The summed E-state index contributed by atoms with van der Waals surface area (Å²) in [6.07, 6.45) is 6.89. The molecule has 4 nitrogen and oxygen atoms in total. The van der Waals surface area contributed by atoms with E-state index in [1.54, 1.807) is 17.1 Å². The van der Waals surface area contributed by atoms with Crippen molar-refractivity contribution in [1.82, 2.24) is 10.4 Å². The summed E-state index contributed by atoms with van der Waals surface area (Å²) >= 11 is 0. The highest BCUT2D eigenvalue weighted by Gasteiger charge is 2.55. The van der Waals surface area contributed by atoms with Gasteiger partial charge in [-0.05, 0) is 80.5 Å². The van der Waals surface area contributed by atoms with Crippen molar-refractivity contribution in [2.24, 2.45) is 17.8 Å². The maximum atomic E-state index is 13.5. The maximum absolute atomic E-state index is 13.5. The van der Waals surface area contributed by atoms with Gasteiger partial charge in [-0.1, -0.05) is 36.4 Å². The zero-order valence-corrected chi connectivity index (χ0v) is 16.0. The lowest BCUT2D eigenvalue weighted by molar-refractivity contribution is -0.0875. The second-order valence-corrected chi connectivity index (χ2v) is 8.96. The van der Waals surface area contributed by atoms with Crippen molar-refractivity contribution in [3.8, 4) is 0 Å². The second kappa shape index (κ2) is 6.77. The Morgan fingerprint density at radius 2 is 1.21 bits per heavy atom. The van der Waals surface area contributed by atoms with E-state index in [4.69, 9.17) is 0 Å². The van der Waals surface area contributed by atoms with Gasteiger partial charge < -0.3 is 0 Å². The van der Waals surface area contributed by atoms with Gasteiger partial charge in [0.05, 0.1) is 5.54 Å². The van der Waals surface area contributed by atoms with Gasteiger partial charge in [0.25, 0.3) is 11.8 Å². The Morgan fingerprint density at radius 1 is 0.750 bits per heavy atom. The van der Waals surface area contributed by atoms with Crippen molar-refractivity contribution in [2.75, 3.05) is 0 Å². The quantitative estimate of drug-likeness (QED) is 0.808. The first-order chi connectivity index (χ1) is 13.6. The third-order valence-electron chi connectivity index (χ3n) is 6.95. The molecule has 6 rings (SSSR count). The van der Waals surface area contributed by atoms with E-state index in [9.17, 15) is 9.59 Å². The van der Waals surface area contributed by atoms with Gasteiger partial charge in [-0.15, -0.1) is 0 Å². The molecule has 4 heteroatoms. The molecule has 2 aromatic carbocycles. The number of carbonyl (C=O) groups excluding carboxylic acids is 2. The van der Waals surface area contributed by atoms with Gasteiger partial charge in [-0.2, -0.15) is 0 Å². The molecule has 0 saturated heterocycles. The second-order valence-electron chi connectivity index (χ2n) is 8.96. The number of rotatable bonds is 3. The van der Waals surface area contributed by atoms with Crippen LogP contribution in [0.3, 0.4) is 0 Å². The van der Waals surface area contributed by atoms with Gasteiger partial charge in [-0.25, -0.2) is 5.01 Å². The fraction of sp³-hybridized carbons (Fsp3) is 0.417. The SMILES string of the molecule is O=C(NN(C(=O)c1ccccc1)C12CC3CC(CC(C3)C1)C2)c1ccccc1. The normalized spacial score (nSPS) is 30.1. The molecule has 0 heterocycles. The van der Waals surface area contributed by atoms with Crippen LogP contribution in [0, 0.1) is 17.8 Å². The van der Waals surface area contributed by atoms with Crippen LogP contribution in [0.4, 0.5) is 0 Å². The van der Waals surface area contributed by atoms with E-state index in [-0.39, 0.29) is 17.4 Å². The van der Waals surface area contributed by atoms with E-state index < -0.39 is 0 Å². The minimum Gasteiger partial charge on any atom is -0.267 e. The molecule has 0 aromatic heterocycles. The first-order valence-electron chi connectivity index (χ1n) is 10.4. The Balaban J connectivity index is 1.50. The van der Waals surface area contributed by atoms with Crippen LogP contribution < -0.4 is 5.43 Å². The van der Waals surface area contributed by atoms with E-state index in [1.807, 2.05) is 48.5 Å². The van der Waals surface area contributed by atoms with E-state index in [2.05, 4.69) is 5.43 Å². The van der Waals surface area contributed by atoms with Crippen molar-refractivity contribution in [1.29, 1.82) is 0 Å². The molecule has 144 valence electrons. The number of nitrogens with zero attached hydrogens (tertiary/aromatic N) is 1. The summed E-state index contributed by atoms with van der Waals surface area (Å²) < 4.78 is 0. The Morgan fingerprint density at radius 3 is 1.71 bits per heavy atom. The van der Waals surface area contributed by atoms with E-state index in [1.165, 1.54) is 19.3 Å². The third-order valence-corrected chi connectivity index (χ3v) is 6.95. The highest BCUT2D eigenvalue weighted by molar-refractivity contribution is 5.99. The summed E-state index contributed by atoms with van der Waals surface area (Å²) in [6, 6.07) is 18.5. The summed E-state index contributed by atoms with van der Waals surface area (Å²) in [5.41, 5.74) is 4.00. The molecule has 4 bridgehead atoms. The molecular formula is C24H26N2O2. The minimum atomic E-state index is -0.244. The number of hydrogen-bond donors (Lipinski definition) is 1. The van der Waals surface area contributed by atoms with Gasteiger partial charge >= 0.3 is 0 Å². The van der Waals surface area contributed by atoms with E-state index >= 15 is 0 Å². The monoisotopic (exact) mass is 374 g/mol. The molecule has 0 aliphatic heterocycles. The summed E-state index contributed by atoms with van der Waals surface area (Å²) in [7, 11) is 0. The predicted octanol–water partition coefficient (Wildman–Crippen LogP) is 4.44. The van der Waals surface area contributed by atoms with Crippen LogP contribution >= 0.6 is 0 Å². The summed E-state index contributed by atoms with van der Waals surface area (Å²) in [5, 5.41) is 1.72. The topological polar surface area (TPSA) is 49.4 Å². The van der Waals surface area contributed by atoms with E-state index in [0.717, 1.165) is 19.3 Å². The highest BCUT2D eigenvalue weighted by atomic mass is 16.2. The van der Waals surface area contributed by atoms with Crippen molar-refractivity contribution in [3.05, 3.63) is 71.8 Å². The molecule has 4 aliphatic carbocycles. The molecule has 4 aliphatic rings. The average Bonchev–Trinajstić information content (AvgIpc) is 2.71. The molecule has 0 unspecified atom stereocenters. The first kappa shape index (κ1) is 17.5. The Hall–Kier alpha value is -2.62. The first-order valence-corrected chi connectivity index (χ1v) is 10.4. The van der Waals surface area contributed by atoms with Crippen LogP contribution in [0.5, 0.6) is 0 Å². The fourth-order valence-electron chi connectivity index (χ4n) is 6.19. The van der Waals surface area contributed by atoms with Crippen molar-refractivity contribution in [3.63, 3.8) is 0 Å². The molecular weight excluding hydrogens is 348 g/mol. The van der Waals surface area contributed by atoms with Crippen LogP contribution in [-0.4, -0.2) is 22.4 Å². The van der Waals surface area contributed by atoms with Gasteiger partial charge in [0.1, 0.15) is 0 Å². The van der Waals surface area contributed by atoms with Crippen LogP contribution in [0.2, 0.25) is 0 Å². The molecule has 0 radical (unpaired) electrons. The third kappa shape index (κ3) is 3.01. The lowest BCUT2D eigenvalue weighted by Gasteiger charge is -2.59. The Bertz CT molecular complexity index is 843. The number of amides is 2. The summed E-state index contributed by atoms with van der Waals surface area (Å²) in [4.78, 5) is 26.5. The summed E-state index contributed by atoms with van der Waals surface area (Å²) in [6.45, 7) is 0. The predicted molar refractivity (Wildman–Crippen MR) is 107 cm³/mol. The fourth-order valence-corrected chi connectivity index (χ4v) is 6.19. The zero-order valence-electron chi connectivity index (χ0n) is 16.0. The minimum absolute atomic E-state index is 0.0909. The Kier molecular flexibility index (Phi) is 4.22. The molecule has 28 heavy (non-hydrogen) atoms. The lowest BCUT2D eigenvalue weighted by atomic mass is 9.52.